The summed E-state index contributed by atoms with van der Waals surface area (Å²) >= 11 is 2.91. The van der Waals surface area contributed by atoms with Crippen LogP contribution in [0.5, 0.6) is 0 Å². The zero-order valence-electron chi connectivity index (χ0n) is 20.2. The van der Waals surface area contributed by atoms with Gasteiger partial charge in [0.1, 0.15) is 11.5 Å². The molecule has 0 saturated carbocycles. The minimum absolute atomic E-state index is 0.167. The summed E-state index contributed by atoms with van der Waals surface area (Å²) in [6.07, 6.45) is -1.09. The van der Waals surface area contributed by atoms with Crippen LogP contribution in [0.15, 0.2) is 98.0 Å². The van der Waals surface area contributed by atoms with Crippen LogP contribution in [-0.4, -0.2) is 4.57 Å². The molecule has 0 saturated heterocycles. The summed E-state index contributed by atoms with van der Waals surface area (Å²) < 4.78 is 47.6. The quantitative estimate of drug-likeness (QED) is 0.248. The van der Waals surface area contributed by atoms with Gasteiger partial charge in [0.25, 0.3) is 5.56 Å². The zero-order chi connectivity index (χ0) is 26.7. The zero-order valence-corrected chi connectivity index (χ0v) is 21.9. The molecule has 3 aromatic heterocycles. The van der Waals surface area contributed by atoms with Crippen molar-refractivity contribution in [3.8, 4) is 11.3 Å². The highest BCUT2D eigenvalue weighted by Gasteiger charge is 2.33. The number of aryl methyl sites for hydroxylation is 1. The van der Waals surface area contributed by atoms with Crippen molar-refractivity contribution in [2.45, 2.75) is 25.1 Å². The Bertz CT molecular complexity index is 1940. The Morgan fingerprint density at radius 2 is 1.87 bits per heavy atom. The minimum atomic E-state index is -4.45. The van der Waals surface area contributed by atoms with Crippen LogP contribution in [-0.2, 0) is 12.6 Å². The van der Waals surface area contributed by atoms with E-state index in [-0.39, 0.29) is 11.6 Å². The molecule has 4 heterocycles. The van der Waals surface area contributed by atoms with Gasteiger partial charge in [-0.2, -0.15) is 13.2 Å². The molecule has 39 heavy (non-hydrogen) atoms. The highest BCUT2D eigenvalue weighted by molar-refractivity contribution is 7.10. The first-order valence-corrected chi connectivity index (χ1v) is 14.0. The molecule has 0 amide bonds. The fourth-order valence-electron chi connectivity index (χ4n) is 5.28. The number of thiazole rings is 1. The lowest BCUT2D eigenvalue weighted by atomic mass is 9.85. The number of rotatable bonds is 3. The lowest BCUT2D eigenvalue weighted by Crippen LogP contribution is -2.38. The van der Waals surface area contributed by atoms with E-state index in [1.165, 1.54) is 23.0 Å². The third-order valence-corrected chi connectivity index (χ3v) is 8.97. The fourth-order valence-corrected chi connectivity index (χ4v) is 7.11. The Balaban J connectivity index is 1.35. The van der Waals surface area contributed by atoms with Gasteiger partial charge in [0.05, 0.1) is 21.8 Å². The molecule has 0 N–H and O–H groups in total. The Morgan fingerprint density at radius 3 is 2.69 bits per heavy atom. The molecule has 4 nitrogen and oxygen atoms in total. The number of furan rings is 1. The van der Waals surface area contributed by atoms with Gasteiger partial charge in [-0.1, -0.05) is 53.8 Å². The van der Waals surface area contributed by atoms with Crippen molar-refractivity contribution in [1.82, 2.24) is 4.57 Å². The van der Waals surface area contributed by atoms with Crippen molar-refractivity contribution >= 4 is 34.4 Å². The van der Waals surface area contributed by atoms with Gasteiger partial charge in [0.2, 0.25) is 0 Å². The molecule has 0 bridgehead atoms. The maximum Gasteiger partial charge on any atom is 0.416 e. The molecular weight excluding hydrogens is 541 g/mol. The van der Waals surface area contributed by atoms with Crippen LogP contribution in [0.1, 0.15) is 39.8 Å². The van der Waals surface area contributed by atoms with Crippen LogP contribution in [0.2, 0.25) is 0 Å². The number of alkyl halides is 3. The standard InChI is InChI=1S/C30H19F3N2O2S2/c31-30(32,33)19-7-3-6-18(15-19)23-13-11-20(37-23)16-25-28(36)35-27(24-9-4-14-38-24)22-12-10-17-5-1-2-8-21(17)26(22)34-29(35)39-25/h1-9,11,13-16,27H,10,12H2/b25-16+/t27-/m1/s1. The van der Waals surface area contributed by atoms with Gasteiger partial charge in [-0.25, -0.2) is 4.99 Å². The van der Waals surface area contributed by atoms with Crippen LogP contribution in [0, 0.1) is 0 Å². The fraction of sp³-hybridized carbons (Fsp3) is 0.133. The summed E-state index contributed by atoms with van der Waals surface area (Å²) in [4.78, 5) is 20.5. The van der Waals surface area contributed by atoms with Crippen molar-refractivity contribution < 1.29 is 17.6 Å². The highest BCUT2D eigenvalue weighted by atomic mass is 32.1. The summed E-state index contributed by atoms with van der Waals surface area (Å²) in [6.45, 7) is 0. The van der Waals surface area contributed by atoms with E-state index in [2.05, 4.69) is 18.2 Å². The first-order valence-electron chi connectivity index (χ1n) is 12.3. The number of fused-ring (bicyclic) bond motifs is 3. The van der Waals surface area contributed by atoms with Gasteiger partial charge < -0.3 is 4.42 Å². The van der Waals surface area contributed by atoms with E-state index in [1.54, 1.807) is 40.2 Å². The van der Waals surface area contributed by atoms with E-state index in [9.17, 15) is 18.0 Å². The SMILES string of the molecule is O=c1/c(=C\c2ccc(-c3cccc(C(F)(F)F)c3)o2)sc2n1[C@@H](c1cccs1)C1=C(N=2)c2ccccc2CC1. The van der Waals surface area contributed by atoms with Crippen LogP contribution in [0.3, 0.4) is 0 Å². The molecule has 1 aliphatic carbocycles. The van der Waals surface area contributed by atoms with E-state index in [0.29, 0.717) is 26.4 Å². The predicted molar refractivity (Wildman–Crippen MR) is 146 cm³/mol. The smallest absolute Gasteiger partial charge is 0.416 e. The monoisotopic (exact) mass is 560 g/mol. The van der Waals surface area contributed by atoms with Gasteiger partial charge in [0.15, 0.2) is 4.80 Å². The van der Waals surface area contributed by atoms with E-state index >= 15 is 0 Å². The van der Waals surface area contributed by atoms with Crippen LogP contribution in [0.4, 0.5) is 13.2 Å². The average Bonchev–Trinajstić information content (AvgIpc) is 3.69. The summed E-state index contributed by atoms with van der Waals surface area (Å²) in [5.41, 5.74) is 3.84. The van der Waals surface area contributed by atoms with Crippen molar-refractivity contribution in [1.29, 1.82) is 0 Å². The average molecular weight is 561 g/mol. The van der Waals surface area contributed by atoms with E-state index in [4.69, 9.17) is 9.41 Å². The number of hydrogen-bond donors (Lipinski definition) is 0. The third-order valence-electron chi connectivity index (χ3n) is 7.06. The minimum Gasteiger partial charge on any atom is -0.457 e. The van der Waals surface area contributed by atoms with E-state index in [0.717, 1.165) is 46.7 Å². The summed E-state index contributed by atoms with van der Waals surface area (Å²) in [7, 11) is 0. The first-order chi connectivity index (χ1) is 18.9. The van der Waals surface area contributed by atoms with Crippen LogP contribution >= 0.6 is 22.7 Å². The topological polar surface area (TPSA) is 47.5 Å². The number of aromatic nitrogens is 1. The molecule has 2 aliphatic rings. The number of halogens is 3. The number of allylic oxidation sites excluding steroid dienone is 1. The van der Waals surface area contributed by atoms with Crippen molar-refractivity contribution in [3.63, 3.8) is 0 Å². The van der Waals surface area contributed by atoms with Gasteiger partial charge in [-0.3, -0.25) is 9.36 Å². The van der Waals surface area contributed by atoms with Crippen molar-refractivity contribution in [3.05, 3.63) is 131 Å². The van der Waals surface area contributed by atoms with Crippen molar-refractivity contribution in [2.75, 3.05) is 0 Å². The second kappa shape index (κ2) is 9.07. The number of nitrogens with zero attached hydrogens (tertiary/aromatic N) is 2. The second-order valence-corrected chi connectivity index (χ2v) is 11.4. The molecule has 1 atom stereocenters. The van der Waals surface area contributed by atoms with Crippen LogP contribution in [0.25, 0.3) is 23.1 Å². The van der Waals surface area contributed by atoms with Crippen molar-refractivity contribution in [2.24, 2.45) is 4.99 Å². The Labute approximate surface area is 228 Å². The molecule has 7 rings (SSSR count). The lowest BCUT2D eigenvalue weighted by molar-refractivity contribution is -0.137. The second-order valence-electron chi connectivity index (χ2n) is 9.41. The lowest BCUT2D eigenvalue weighted by Gasteiger charge is -2.30. The molecule has 0 spiro atoms. The largest absolute Gasteiger partial charge is 0.457 e. The van der Waals surface area contributed by atoms with Gasteiger partial charge in [0, 0.05) is 22.1 Å². The molecular formula is C30H19F3N2O2S2. The van der Waals surface area contributed by atoms with Crippen LogP contribution < -0.4 is 14.9 Å². The molecule has 2 aromatic carbocycles. The molecule has 9 heteroatoms. The Kier molecular flexibility index (Phi) is 5.61. The molecule has 194 valence electrons. The maximum absolute atomic E-state index is 13.8. The Hall–Kier alpha value is -3.95. The van der Waals surface area contributed by atoms with Gasteiger partial charge >= 0.3 is 6.18 Å². The summed E-state index contributed by atoms with van der Waals surface area (Å²) in [5, 5.41) is 2.01. The molecule has 0 unspecified atom stereocenters. The first kappa shape index (κ1) is 24.1. The molecule has 1 aliphatic heterocycles. The van der Waals surface area contributed by atoms with Gasteiger partial charge in [-0.15, -0.1) is 11.3 Å². The molecule has 0 fully saturated rings. The van der Waals surface area contributed by atoms with E-state index < -0.39 is 11.7 Å². The normalized spacial score (nSPS) is 17.0. The predicted octanol–water partition coefficient (Wildman–Crippen LogP) is 6.66. The van der Waals surface area contributed by atoms with E-state index in [1.807, 2.05) is 23.6 Å². The summed E-state index contributed by atoms with van der Waals surface area (Å²) in [5.74, 6) is 0.679. The number of thiophene rings is 1. The molecule has 5 aromatic rings. The highest BCUT2D eigenvalue weighted by Crippen LogP contribution is 2.42. The number of benzene rings is 2. The Morgan fingerprint density at radius 1 is 1.00 bits per heavy atom. The molecule has 0 radical (unpaired) electrons. The summed E-state index contributed by atoms with van der Waals surface area (Å²) in [6, 6.07) is 20.3. The van der Waals surface area contributed by atoms with Gasteiger partial charge in [-0.05, 0) is 59.7 Å². The third kappa shape index (κ3) is 4.13. The number of hydrogen-bond acceptors (Lipinski definition) is 5. The maximum atomic E-state index is 13.8.